The quantitative estimate of drug-likeness (QED) is 0.839. The van der Waals surface area contributed by atoms with Gasteiger partial charge in [0.1, 0.15) is 11.0 Å². The molecule has 0 spiro atoms. The number of benzene rings is 1. The second-order valence-electron chi connectivity index (χ2n) is 5.70. The Morgan fingerprint density at radius 1 is 1.36 bits per heavy atom. The van der Waals surface area contributed by atoms with Crippen LogP contribution in [-0.4, -0.2) is 28.0 Å². The molecule has 0 bridgehead atoms. The van der Waals surface area contributed by atoms with Gasteiger partial charge < -0.3 is 10.1 Å². The summed E-state index contributed by atoms with van der Waals surface area (Å²) in [5, 5.41) is 2.52. The monoisotopic (exact) mass is 323 g/mol. The second kappa shape index (κ2) is 8.32. The maximum atomic E-state index is 12.5. The largest absolute Gasteiger partial charge is 0.494 e. The SMILES string of the molecule is CCOc1ccccc1CS(=O)C(C)C(=O)NC1CCCC1. The van der Waals surface area contributed by atoms with Gasteiger partial charge in [-0.05, 0) is 32.8 Å². The van der Waals surface area contributed by atoms with E-state index in [9.17, 15) is 9.00 Å². The maximum absolute atomic E-state index is 12.5. The Labute approximate surface area is 135 Å². The van der Waals surface area contributed by atoms with E-state index in [0.29, 0.717) is 12.4 Å². The van der Waals surface area contributed by atoms with Crippen molar-refractivity contribution >= 4 is 16.7 Å². The van der Waals surface area contributed by atoms with Gasteiger partial charge in [-0.3, -0.25) is 9.00 Å². The van der Waals surface area contributed by atoms with Crippen molar-refractivity contribution in [3.05, 3.63) is 29.8 Å². The molecule has 0 saturated heterocycles. The first kappa shape index (κ1) is 17.0. The van der Waals surface area contributed by atoms with Crippen LogP contribution in [0.1, 0.15) is 45.1 Å². The zero-order chi connectivity index (χ0) is 15.9. The molecule has 0 aliphatic heterocycles. The maximum Gasteiger partial charge on any atom is 0.235 e. The van der Waals surface area contributed by atoms with Gasteiger partial charge in [-0.15, -0.1) is 0 Å². The molecule has 1 N–H and O–H groups in total. The molecular weight excluding hydrogens is 298 g/mol. The van der Waals surface area contributed by atoms with E-state index in [1.807, 2.05) is 31.2 Å². The highest BCUT2D eigenvalue weighted by molar-refractivity contribution is 7.85. The molecule has 0 aromatic heterocycles. The van der Waals surface area contributed by atoms with Crippen LogP contribution in [0.25, 0.3) is 0 Å². The molecule has 122 valence electrons. The van der Waals surface area contributed by atoms with Crippen LogP contribution in [0.5, 0.6) is 5.75 Å². The molecular formula is C17H25NO3S. The van der Waals surface area contributed by atoms with Gasteiger partial charge in [-0.1, -0.05) is 31.0 Å². The molecule has 2 unspecified atom stereocenters. The lowest BCUT2D eigenvalue weighted by atomic mass is 10.2. The number of hydrogen-bond donors (Lipinski definition) is 1. The highest BCUT2D eigenvalue weighted by atomic mass is 32.2. The molecule has 1 saturated carbocycles. The third kappa shape index (κ3) is 4.57. The molecule has 1 aliphatic rings. The molecule has 22 heavy (non-hydrogen) atoms. The summed E-state index contributed by atoms with van der Waals surface area (Å²) in [6, 6.07) is 7.85. The summed E-state index contributed by atoms with van der Waals surface area (Å²) in [5.74, 6) is 0.996. The normalized spacial score (nSPS) is 17.9. The number of rotatable bonds is 7. The first-order chi connectivity index (χ1) is 10.6. The zero-order valence-electron chi connectivity index (χ0n) is 13.3. The van der Waals surface area contributed by atoms with Crippen molar-refractivity contribution in [2.45, 2.75) is 56.6 Å². The van der Waals surface area contributed by atoms with Gasteiger partial charge in [0, 0.05) is 22.4 Å². The molecule has 1 aliphatic carbocycles. The standard InChI is InChI=1S/C17H25NO3S/c1-3-21-16-11-7-4-8-14(16)12-22(20)13(2)17(19)18-15-9-5-6-10-15/h4,7-8,11,13,15H,3,5-6,9-10,12H2,1-2H3,(H,18,19). The van der Waals surface area contributed by atoms with Crippen LogP contribution >= 0.6 is 0 Å². The van der Waals surface area contributed by atoms with Crippen molar-refractivity contribution in [1.82, 2.24) is 5.32 Å². The first-order valence-corrected chi connectivity index (χ1v) is 9.38. The Hall–Kier alpha value is -1.36. The number of carbonyl (C=O) groups is 1. The van der Waals surface area contributed by atoms with Crippen LogP contribution in [-0.2, 0) is 21.3 Å². The van der Waals surface area contributed by atoms with Gasteiger partial charge in [0.2, 0.25) is 5.91 Å². The summed E-state index contributed by atoms with van der Waals surface area (Å²) in [4.78, 5) is 12.2. The highest BCUT2D eigenvalue weighted by Crippen LogP contribution is 2.21. The molecule has 1 fully saturated rings. The van der Waals surface area contributed by atoms with E-state index in [1.54, 1.807) is 6.92 Å². The highest BCUT2D eigenvalue weighted by Gasteiger charge is 2.24. The molecule has 5 heteroatoms. The lowest BCUT2D eigenvalue weighted by molar-refractivity contribution is -0.121. The average molecular weight is 323 g/mol. The van der Waals surface area contributed by atoms with E-state index >= 15 is 0 Å². The Morgan fingerprint density at radius 2 is 2.05 bits per heavy atom. The third-order valence-corrected chi connectivity index (χ3v) is 5.63. The van der Waals surface area contributed by atoms with E-state index < -0.39 is 16.0 Å². The van der Waals surface area contributed by atoms with Crippen molar-refractivity contribution in [2.75, 3.05) is 6.61 Å². The molecule has 1 aromatic carbocycles. The van der Waals surface area contributed by atoms with E-state index in [4.69, 9.17) is 4.74 Å². The Morgan fingerprint density at radius 3 is 2.73 bits per heavy atom. The van der Waals surface area contributed by atoms with E-state index in [2.05, 4.69) is 5.32 Å². The molecule has 2 atom stereocenters. The number of para-hydroxylation sites is 1. The summed E-state index contributed by atoms with van der Waals surface area (Å²) in [6.45, 7) is 4.23. The van der Waals surface area contributed by atoms with Crippen LogP contribution in [0, 0.1) is 0 Å². The van der Waals surface area contributed by atoms with Crippen molar-refractivity contribution in [3.8, 4) is 5.75 Å². The summed E-state index contributed by atoms with van der Waals surface area (Å²) < 4.78 is 18.0. The minimum absolute atomic E-state index is 0.0980. The Kier molecular flexibility index (Phi) is 6.43. The number of ether oxygens (including phenoxy) is 1. The van der Waals surface area contributed by atoms with Gasteiger partial charge in [-0.2, -0.15) is 0 Å². The zero-order valence-corrected chi connectivity index (χ0v) is 14.2. The van der Waals surface area contributed by atoms with Gasteiger partial charge >= 0.3 is 0 Å². The minimum atomic E-state index is -1.25. The van der Waals surface area contributed by atoms with Crippen LogP contribution in [0.4, 0.5) is 0 Å². The van der Waals surface area contributed by atoms with Crippen molar-refractivity contribution in [2.24, 2.45) is 0 Å². The molecule has 0 radical (unpaired) electrons. The van der Waals surface area contributed by atoms with Crippen LogP contribution in [0.15, 0.2) is 24.3 Å². The summed E-state index contributed by atoms with van der Waals surface area (Å²) in [5.41, 5.74) is 0.892. The van der Waals surface area contributed by atoms with Gasteiger partial charge in [0.15, 0.2) is 0 Å². The summed E-state index contributed by atoms with van der Waals surface area (Å²) in [6.07, 6.45) is 4.42. The predicted molar refractivity (Wildman–Crippen MR) is 89.3 cm³/mol. The predicted octanol–water partition coefficient (Wildman–Crippen LogP) is 2.78. The molecule has 2 rings (SSSR count). The first-order valence-electron chi connectivity index (χ1n) is 8.00. The smallest absolute Gasteiger partial charge is 0.235 e. The topological polar surface area (TPSA) is 55.4 Å². The average Bonchev–Trinajstić information content (AvgIpc) is 3.01. The Bertz CT molecular complexity index is 526. The second-order valence-corrected chi connectivity index (χ2v) is 7.46. The molecule has 1 amide bonds. The number of hydrogen-bond acceptors (Lipinski definition) is 3. The lowest BCUT2D eigenvalue weighted by Crippen LogP contribution is -2.40. The fraction of sp³-hybridized carbons (Fsp3) is 0.588. The number of carbonyl (C=O) groups excluding carboxylic acids is 1. The van der Waals surface area contributed by atoms with Crippen molar-refractivity contribution in [1.29, 1.82) is 0 Å². The lowest BCUT2D eigenvalue weighted by Gasteiger charge is -2.17. The summed E-state index contributed by atoms with van der Waals surface area (Å²) >= 11 is 0. The number of amides is 1. The summed E-state index contributed by atoms with van der Waals surface area (Å²) in [7, 11) is -1.25. The van der Waals surface area contributed by atoms with E-state index in [1.165, 1.54) is 12.8 Å². The fourth-order valence-electron chi connectivity index (χ4n) is 2.71. The molecule has 4 nitrogen and oxygen atoms in total. The van der Waals surface area contributed by atoms with E-state index in [-0.39, 0.29) is 11.9 Å². The third-order valence-electron chi connectivity index (χ3n) is 4.04. The van der Waals surface area contributed by atoms with Crippen LogP contribution < -0.4 is 10.1 Å². The van der Waals surface area contributed by atoms with Crippen LogP contribution in [0.2, 0.25) is 0 Å². The molecule has 1 aromatic rings. The van der Waals surface area contributed by atoms with Crippen molar-refractivity contribution < 1.29 is 13.7 Å². The Balaban J connectivity index is 1.94. The van der Waals surface area contributed by atoms with Crippen LogP contribution in [0.3, 0.4) is 0 Å². The van der Waals surface area contributed by atoms with Crippen molar-refractivity contribution in [3.63, 3.8) is 0 Å². The number of nitrogens with one attached hydrogen (secondary N) is 1. The van der Waals surface area contributed by atoms with Gasteiger partial charge in [0.25, 0.3) is 0 Å². The molecule has 0 heterocycles. The fourth-order valence-corrected chi connectivity index (χ4v) is 3.81. The van der Waals surface area contributed by atoms with Gasteiger partial charge in [-0.25, -0.2) is 0 Å². The van der Waals surface area contributed by atoms with Gasteiger partial charge in [0.05, 0.1) is 12.4 Å². The van der Waals surface area contributed by atoms with E-state index in [0.717, 1.165) is 24.2 Å². The minimum Gasteiger partial charge on any atom is -0.494 e.